The van der Waals surface area contributed by atoms with E-state index in [4.69, 9.17) is 4.74 Å². The number of nitrogens with one attached hydrogen (secondary N) is 2. The summed E-state index contributed by atoms with van der Waals surface area (Å²) in [4.78, 5) is 24.7. The number of carbonyl (C=O) groups excluding carboxylic acids is 1. The molecule has 2 N–H and O–H groups in total. The van der Waals surface area contributed by atoms with Crippen LogP contribution in [-0.4, -0.2) is 44.1 Å². The first-order chi connectivity index (χ1) is 15.6. The van der Waals surface area contributed by atoms with Gasteiger partial charge in [-0.05, 0) is 42.3 Å². The summed E-state index contributed by atoms with van der Waals surface area (Å²) >= 11 is 0. The van der Waals surface area contributed by atoms with Gasteiger partial charge in [0.15, 0.2) is 0 Å². The summed E-state index contributed by atoms with van der Waals surface area (Å²) in [6, 6.07) is 17.9. The van der Waals surface area contributed by atoms with E-state index in [-0.39, 0.29) is 17.6 Å². The Hall–Kier alpha value is -4.20. The number of H-pyrrole nitrogens is 1. The molecule has 0 bridgehead atoms. The van der Waals surface area contributed by atoms with E-state index in [2.05, 4.69) is 31.4 Å². The summed E-state index contributed by atoms with van der Waals surface area (Å²) < 4.78 is 6.87. The van der Waals surface area contributed by atoms with Crippen LogP contribution in [0.25, 0.3) is 16.7 Å². The predicted octanol–water partition coefficient (Wildman–Crippen LogP) is 3.48. The number of benzene rings is 2. The molecular weight excluding hydrogens is 404 g/mol. The molecule has 160 valence electrons. The minimum Gasteiger partial charge on any atom is -0.497 e. The Balaban J connectivity index is 1.46. The maximum Gasteiger partial charge on any atom is 0.291 e. The van der Waals surface area contributed by atoms with E-state index in [1.54, 1.807) is 17.8 Å². The van der Waals surface area contributed by atoms with Gasteiger partial charge in [0, 0.05) is 41.5 Å². The van der Waals surface area contributed by atoms with Gasteiger partial charge >= 0.3 is 0 Å². The standard InChI is InChI=1S/C24H22N6O2/c1-15-11-12-25-24-28-22(29-30(15)24)23(31)27-13-19(16-7-9-17(32-2)10-8-16)20-14-26-21-6-4-3-5-18(20)21/h3-12,14,19,26H,13H2,1-2H3,(H,27,31). The Bertz CT molecular complexity index is 1400. The lowest BCUT2D eigenvalue weighted by Crippen LogP contribution is -2.29. The van der Waals surface area contributed by atoms with Crippen LogP contribution < -0.4 is 10.1 Å². The average molecular weight is 426 g/mol. The number of hydrogen-bond acceptors (Lipinski definition) is 5. The number of nitrogens with zero attached hydrogens (tertiary/aromatic N) is 4. The summed E-state index contributed by atoms with van der Waals surface area (Å²) in [7, 11) is 1.64. The molecule has 8 heteroatoms. The number of rotatable bonds is 6. The van der Waals surface area contributed by atoms with Crippen molar-refractivity contribution in [2.75, 3.05) is 13.7 Å². The minimum absolute atomic E-state index is 0.0714. The van der Waals surface area contributed by atoms with Crippen LogP contribution in [0.2, 0.25) is 0 Å². The number of aryl methyl sites for hydroxylation is 1. The fraction of sp³-hybridized carbons (Fsp3) is 0.167. The smallest absolute Gasteiger partial charge is 0.291 e. The summed E-state index contributed by atoms with van der Waals surface area (Å²) in [5.41, 5.74) is 4.08. The lowest BCUT2D eigenvalue weighted by atomic mass is 9.90. The topological polar surface area (TPSA) is 97.2 Å². The van der Waals surface area contributed by atoms with Crippen LogP contribution in [0.15, 0.2) is 67.0 Å². The van der Waals surface area contributed by atoms with Crippen molar-refractivity contribution in [2.24, 2.45) is 0 Å². The molecule has 0 aliphatic heterocycles. The van der Waals surface area contributed by atoms with Gasteiger partial charge in [-0.25, -0.2) is 9.50 Å². The lowest BCUT2D eigenvalue weighted by Gasteiger charge is -2.18. The molecule has 0 radical (unpaired) electrons. The zero-order valence-electron chi connectivity index (χ0n) is 17.7. The fourth-order valence-corrected chi connectivity index (χ4v) is 3.90. The van der Waals surface area contributed by atoms with Gasteiger partial charge in [0.2, 0.25) is 5.82 Å². The molecule has 0 spiro atoms. The van der Waals surface area contributed by atoms with Crippen molar-refractivity contribution in [2.45, 2.75) is 12.8 Å². The minimum atomic E-state index is -0.340. The molecule has 1 amide bonds. The molecule has 0 saturated heterocycles. The molecule has 1 unspecified atom stereocenters. The fourth-order valence-electron chi connectivity index (χ4n) is 3.90. The second kappa shape index (κ2) is 8.14. The summed E-state index contributed by atoms with van der Waals surface area (Å²) in [6.45, 7) is 2.27. The quantitative estimate of drug-likeness (QED) is 0.433. The molecule has 0 aliphatic carbocycles. The van der Waals surface area contributed by atoms with Gasteiger partial charge in [-0.3, -0.25) is 4.79 Å². The first-order valence-corrected chi connectivity index (χ1v) is 10.3. The largest absolute Gasteiger partial charge is 0.497 e. The van der Waals surface area contributed by atoms with Gasteiger partial charge in [-0.15, -0.1) is 5.10 Å². The molecule has 1 atom stereocenters. The number of carbonyl (C=O) groups is 1. The second-order valence-electron chi connectivity index (χ2n) is 7.56. The SMILES string of the molecule is COc1ccc(C(CNC(=O)c2nc3nccc(C)n3n2)c2c[nH]c3ccccc23)cc1. The Morgan fingerprint density at radius 2 is 1.97 bits per heavy atom. The maximum absolute atomic E-state index is 12.9. The monoisotopic (exact) mass is 426 g/mol. The maximum atomic E-state index is 12.9. The number of para-hydroxylation sites is 1. The normalized spacial score (nSPS) is 12.2. The van der Waals surface area contributed by atoms with Crippen LogP contribution in [0.4, 0.5) is 0 Å². The van der Waals surface area contributed by atoms with E-state index in [0.717, 1.165) is 33.5 Å². The highest BCUT2D eigenvalue weighted by atomic mass is 16.5. The zero-order chi connectivity index (χ0) is 22.1. The van der Waals surface area contributed by atoms with Crippen molar-refractivity contribution in [1.82, 2.24) is 29.9 Å². The third kappa shape index (κ3) is 3.56. The third-order valence-corrected chi connectivity index (χ3v) is 5.61. The number of aromatic nitrogens is 5. The first-order valence-electron chi connectivity index (χ1n) is 10.3. The van der Waals surface area contributed by atoms with Crippen LogP contribution in [0.3, 0.4) is 0 Å². The molecule has 3 aromatic heterocycles. The van der Waals surface area contributed by atoms with Crippen molar-refractivity contribution in [3.63, 3.8) is 0 Å². The Kier molecular flexibility index (Phi) is 5.03. The molecule has 0 saturated carbocycles. The van der Waals surface area contributed by atoms with Crippen molar-refractivity contribution < 1.29 is 9.53 Å². The number of fused-ring (bicyclic) bond motifs is 2. The molecule has 5 aromatic rings. The lowest BCUT2D eigenvalue weighted by molar-refractivity contribution is 0.0942. The van der Waals surface area contributed by atoms with Crippen molar-refractivity contribution in [1.29, 1.82) is 0 Å². The summed E-state index contributed by atoms with van der Waals surface area (Å²) in [6.07, 6.45) is 3.65. The van der Waals surface area contributed by atoms with E-state index in [1.165, 1.54) is 0 Å². The number of aromatic amines is 1. The predicted molar refractivity (Wildman–Crippen MR) is 121 cm³/mol. The van der Waals surface area contributed by atoms with Crippen LogP contribution in [0.5, 0.6) is 5.75 Å². The zero-order valence-corrected chi connectivity index (χ0v) is 17.7. The highest BCUT2D eigenvalue weighted by Gasteiger charge is 2.21. The number of methoxy groups -OCH3 is 1. The van der Waals surface area contributed by atoms with Gasteiger partial charge in [-0.1, -0.05) is 30.3 Å². The Labute approximate surface area is 184 Å². The van der Waals surface area contributed by atoms with E-state index in [9.17, 15) is 4.79 Å². The Morgan fingerprint density at radius 1 is 1.16 bits per heavy atom. The van der Waals surface area contributed by atoms with Gasteiger partial charge in [0.1, 0.15) is 5.75 Å². The average Bonchev–Trinajstić information content (AvgIpc) is 3.45. The van der Waals surface area contributed by atoms with Crippen LogP contribution in [-0.2, 0) is 0 Å². The van der Waals surface area contributed by atoms with E-state index < -0.39 is 0 Å². The summed E-state index contributed by atoms with van der Waals surface area (Å²) in [5.74, 6) is 0.871. The van der Waals surface area contributed by atoms with Gasteiger partial charge in [0.25, 0.3) is 11.7 Å². The van der Waals surface area contributed by atoms with Crippen LogP contribution >= 0.6 is 0 Å². The van der Waals surface area contributed by atoms with Crippen molar-refractivity contribution >= 4 is 22.6 Å². The van der Waals surface area contributed by atoms with Crippen LogP contribution in [0, 0.1) is 6.92 Å². The van der Waals surface area contributed by atoms with Gasteiger partial charge in [0.05, 0.1) is 7.11 Å². The molecule has 8 nitrogen and oxygen atoms in total. The third-order valence-electron chi connectivity index (χ3n) is 5.61. The first kappa shape index (κ1) is 19.7. The van der Waals surface area contributed by atoms with Gasteiger partial charge in [-0.2, -0.15) is 4.98 Å². The van der Waals surface area contributed by atoms with Gasteiger partial charge < -0.3 is 15.0 Å². The molecule has 2 aromatic carbocycles. The number of hydrogen-bond donors (Lipinski definition) is 2. The van der Waals surface area contributed by atoms with Crippen molar-refractivity contribution in [3.8, 4) is 5.75 Å². The molecular formula is C24H22N6O2. The van der Waals surface area contributed by atoms with E-state index in [1.807, 2.05) is 61.7 Å². The van der Waals surface area contributed by atoms with Crippen molar-refractivity contribution in [3.05, 3.63) is 89.6 Å². The highest BCUT2D eigenvalue weighted by Crippen LogP contribution is 2.31. The molecule has 3 heterocycles. The number of ether oxygens (including phenoxy) is 1. The summed E-state index contributed by atoms with van der Waals surface area (Å²) in [5, 5.41) is 8.43. The highest BCUT2D eigenvalue weighted by molar-refractivity contribution is 5.91. The molecule has 0 aliphatic rings. The molecule has 0 fully saturated rings. The molecule has 32 heavy (non-hydrogen) atoms. The van der Waals surface area contributed by atoms with E-state index in [0.29, 0.717) is 12.3 Å². The van der Waals surface area contributed by atoms with Crippen LogP contribution in [0.1, 0.15) is 33.4 Å². The number of amides is 1. The second-order valence-corrected chi connectivity index (χ2v) is 7.56. The van der Waals surface area contributed by atoms with E-state index >= 15 is 0 Å². The Morgan fingerprint density at radius 3 is 2.75 bits per heavy atom. The molecule has 5 rings (SSSR count).